The third-order valence-corrected chi connectivity index (χ3v) is 4.01. The zero-order valence-electron chi connectivity index (χ0n) is 13.9. The molecule has 0 aliphatic rings. The van der Waals surface area contributed by atoms with Crippen LogP contribution in [-0.4, -0.2) is 27.7 Å². The van der Waals surface area contributed by atoms with Crippen molar-refractivity contribution in [1.82, 2.24) is 9.13 Å². The number of anilines is 1. The van der Waals surface area contributed by atoms with Crippen molar-refractivity contribution in [2.45, 2.75) is 5.92 Å². The molecule has 0 aliphatic carbocycles. The molecule has 0 saturated carbocycles. The van der Waals surface area contributed by atoms with E-state index in [0.29, 0.717) is 0 Å². The lowest BCUT2D eigenvalue weighted by Gasteiger charge is -2.20. The molecule has 0 spiro atoms. The van der Waals surface area contributed by atoms with Crippen molar-refractivity contribution in [3.05, 3.63) is 66.1 Å². The summed E-state index contributed by atoms with van der Waals surface area (Å²) < 4.78 is 21.3. The van der Waals surface area contributed by atoms with Crippen LogP contribution in [0, 0.1) is 15.9 Å². The number of nitrogen functional groups attached to an aromatic ring is 1. The maximum atomic E-state index is 14.4. The molecule has 9 nitrogen and oxygen atoms in total. The highest BCUT2D eigenvalue weighted by Gasteiger charge is 2.32. The molecule has 0 saturated heterocycles. The van der Waals surface area contributed by atoms with Gasteiger partial charge in [-0.15, -0.1) is 0 Å². The standard InChI is InChI=1S/C15H17FN4O5/c1-18-13(17)12(14(21)19(2)15(18)22)8(7-20(23)24)11-9(16)5-4-6-10(11)25-3/h4-6,8H,7,17H2,1-3H3/t8-/m1/s1. The minimum Gasteiger partial charge on any atom is -0.496 e. The second-order valence-electron chi connectivity index (χ2n) is 5.43. The van der Waals surface area contributed by atoms with Crippen LogP contribution in [-0.2, 0) is 14.1 Å². The smallest absolute Gasteiger partial charge is 0.332 e. The van der Waals surface area contributed by atoms with Gasteiger partial charge in [0.15, 0.2) is 0 Å². The highest BCUT2D eigenvalue weighted by Crippen LogP contribution is 2.34. The van der Waals surface area contributed by atoms with Gasteiger partial charge in [0.2, 0.25) is 6.54 Å². The Kier molecular flexibility index (Phi) is 4.91. The number of nitro groups is 1. The number of halogens is 1. The Hall–Kier alpha value is -3.17. The molecule has 1 atom stereocenters. The average molecular weight is 352 g/mol. The molecular formula is C15H17FN4O5. The highest BCUT2D eigenvalue weighted by atomic mass is 19.1. The predicted octanol–water partition coefficient (Wildman–Crippen LogP) is 0.222. The molecule has 0 unspecified atom stereocenters. The Morgan fingerprint density at radius 2 is 1.92 bits per heavy atom. The van der Waals surface area contributed by atoms with Crippen LogP contribution in [0.1, 0.15) is 17.0 Å². The van der Waals surface area contributed by atoms with Gasteiger partial charge in [-0.2, -0.15) is 0 Å². The van der Waals surface area contributed by atoms with Crippen molar-refractivity contribution >= 4 is 5.82 Å². The van der Waals surface area contributed by atoms with Crippen molar-refractivity contribution in [2.75, 3.05) is 19.4 Å². The van der Waals surface area contributed by atoms with E-state index < -0.39 is 34.5 Å². The normalized spacial score (nSPS) is 12.0. The second-order valence-corrected chi connectivity index (χ2v) is 5.43. The molecule has 2 aromatic rings. The van der Waals surface area contributed by atoms with E-state index in [4.69, 9.17) is 10.5 Å². The molecule has 0 bridgehead atoms. The Morgan fingerprint density at radius 1 is 1.28 bits per heavy atom. The number of aromatic nitrogens is 2. The van der Waals surface area contributed by atoms with Gasteiger partial charge in [-0.25, -0.2) is 9.18 Å². The summed E-state index contributed by atoms with van der Waals surface area (Å²) in [5, 5.41) is 11.2. The zero-order valence-corrected chi connectivity index (χ0v) is 13.9. The second kappa shape index (κ2) is 6.75. The van der Waals surface area contributed by atoms with Crippen molar-refractivity contribution in [2.24, 2.45) is 14.1 Å². The van der Waals surface area contributed by atoms with Crippen LogP contribution >= 0.6 is 0 Å². The molecule has 0 fully saturated rings. The molecule has 0 aliphatic heterocycles. The van der Waals surface area contributed by atoms with Crippen LogP contribution < -0.4 is 21.7 Å². The number of hydrogen-bond donors (Lipinski definition) is 1. The van der Waals surface area contributed by atoms with Crippen molar-refractivity contribution in [3.8, 4) is 5.75 Å². The number of nitrogens with two attached hydrogens (primary N) is 1. The first kappa shape index (κ1) is 18.2. The van der Waals surface area contributed by atoms with Crippen LogP contribution in [0.3, 0.4) is 0 Å². The Labute approximate surface area is 141 Å². The van der Waals surface area contributed by atoms with Gasteiger partial charge in [0.1, 0.15) is 17.4 Å². The summed E-state index contributed by atoms with van der Waals surface area (Å²) in [6.07, 6.45) is 0. The molecule has 1 aromatic heterocycles. The van der Waals surface area contributed by atoms with Gasteiger partial charge in [0, 0.05) is 24.6 Å². The summed E-state index contributed by atoms with van der Waals surface area (Å²) in [5.41, 5.74) is 3.97. The summed E-state index contributed by atoms with van der Waals surface area (Å²) in [7, 11) is 3.82. The molecule has 1 aromatic carbocycles. The first-order valence-corrected chi connectivity index (χ1v) is 7.20. The summed E-state index contributed by atoms with van der Waals surface area (Å²) in [6, 6.07) is 3.91. The van der Waals surface area contributed by atoms with Gasteiger partial charge in [0.05, 0.1) is 18.6 Å². The topological polar surface area (TPSA) is 122 Å². The van der Waals surface area contributed by atoms with E-state index in [1.807, 2.05) is 0 Å². The highest BCUT2D eigenvalue weighted by molar-refractivity contribution is 5.50. The first-order valence-electron chi connectivity index (χ1n) is 7.20. The van der Waals surface area contributed by atoms with E-state index in [2.05, 4.69) is 0 Å². The number of methoxy groups -OCH3 is 1. The zero-order chi connectivity index (χ0) is 18.9. The van der Waals surface area contributed by atoms with Crippen molar-refractivity contribution in [3.63, 3.8) is 0 Å². The van der Waals surface area contributed by atoms with Crippen LogP contribution in [0.2, 0.25) is 0 Å². The number of hydrogen-bond acceptors (Lipinski definition) is 6. The molecule has 1 heterocycles. The average Bonchev–Trinajstić information content (AvgIpc) is 2.57. The molecule has 2 N–H and O–H groups in total. The van der Waals surface area contributed by atoms with E-state index in [-0.39, 0.29) is 22.7 Å². The lowest BCUT2D eigenvalue weighted by molar-refractivity contribution is -0.481. The number of ether oxygens (including phenoxy) is 1. The van der Waals surface area contributed by atoms with E-state index in [9.17, 15) is 24.1 Å². The minimum atomic E-state index is -1.32. The third kappa shape index (κ3) is 3.10. The summed E-state index contributed by atoms with van der Waals surface area (Å²) >= 11 is 0. The first-order chi connectivity index (χ1) is 11.7. The van der Waals surface area contributed by atoms with Crippen molar-refractivity contribution < 1.29 is 14.1 Å². The third-order valence-electron chi connectivity index (χ3n) is 4.01. The van der Waals surface area contributed by atoms with E-state index >= 15 is 0 Å². The SMILES string of the molecule is COc1cccc(F)c1[C@@H](C[N+](=O)[O-])c1c(N)n(C)c(=O)n(C)c1=O. The van der Waals surface area contributed by atoms with Gasteiger partial charge < -0.3 is 10.5 Å². The molecule has 25 heavy (non-hydrogen) atoms. The monoisotopic (exact) mass is 352 g/mol. The molecule has 0 radical (unpaired) electrons. The maximum Gasteiger partial charge on any atom is 0.332 e. The lowest BCUT2D eigenvalue weighted by Crippen LogP contribution is -2.42. The molecule has 2 rings (SSSR count). The molecular weight excluding hydrogens is 335 g/mol. The van der Waals surface area contributed by atoms with Gasteiger partial charge in [-0.3, -0.25) is 24.0 Å². The van der Waals surface area contributed by atoms with Crippen LogP contribution in [0.4, 0.5) is 10.2 Å². The fraction of sp³-hybridized carbons (Fsp3) is 0.333. The Bertz CT molecular complexity index is 950. The molecule has 10 heteroatoms. The van der Waals surface area contributed by atoms with E-state index in [1.165, 1.54) is 33.3 Å². The lowest BCUT2D eigenvalue weighted by atomic mass is 9.90. The number of rotatable bonds is 5. The van der Waals surface area contributed by atoms with E-state index in [1.54, 1.807) is 0 Å². The quantitative estimate of drug-likeness (QED) is 0.607. The molecule has 0 amide bonds. The fourth-order valence-electron chi connectivity index (χ4n) is 2.72. The fourth-order valence-corrected chi connectivity index (χ4v) is 2.72. The summed E-state index contributed by atoms with van der Waals surface area (Å²) in [4.78, 5) is 35.0. The summed E-state index contributed by atoms with van der Waals surface area (Å²) in [5.74, 6) is -2.31. The van der Waals surface area contributed by atoms with Crippen LogP contribution in [0.5, 0.6) is 5.75 Å². The predicted molar refractivity (Wildman–Crippen MR) is 88.0 cm³/mol. The number of nitrogens with zero attached hydrogens (tertiary/aromatic N) is 3. The van der Waals surface area contributed by atoms with Crippen LogP contribution in [0.15, 0.2) is 27.8 Å². The van der Waals surface area contributed by atoms with Gasteiger partial charge >= 0.3 is 5.69 Å². The van der Waals surface area contributed by atoms with E-state index in [0.717, 1.165) is 15.2 Å². The Balaban J connectivity index is 2.90. The maximum absolute atomic E-state index is 14.4. The number of benzene rings is 1. The van der Waals surface area contributed by atoms with Crippen molar-refractivity contribution in [1.29, 1.82) is 0 Å². The Morgan fingerprint density at radius 3 is 2.48 bits per heavy atom. The van der Waals surface area contributed by atoms with Crippen LogP contribution in [0.25, 0.3) is 0 Å². The van der Waals surface area contributed by atoms with Gasteiger partial charge in [0.25, 0.3) is 5.56 Å². The summed E-state index contributed by atoms with van der Waals surface area (Å²) in [6.45, 7) is -0.797. The largest absolute Gasteiger partial charge is 0.496 e. The molecule has 134 valence electrons. The minimum absolute atomic E-state index is 0.0437. The van der Waals surface area contributed by atoms with Gasteiger partial charge in [-0.1, -0.05) is 6.07 Å². The van der Waals surface area contributed by atoms with Gasteiger partial charge in [-0.05, 0) is 12.1 Å².